The Morgan fingerprint density at radius 1 is 1.05 bits per heavy atom. The van der Waals surface area contributed by atoms with E-state index in [2.05, 4.69) is 4.99 Å². The summed E-state index contributed by atoms with van der Waals surface area (Å²) in [5.41, 5.74) is 1.02. The second-order valence-corrected chi connectivity index (χ2v) is 5.14. The Morgan fingerprint density at radius 3 is 2.33 bits per heavy atom. The molecule has 1 unspecified atom stereocenters. The maximum absolute atomic E-state index is 12.6. The largest absolute Gasteiger partial charge is 0.459 e. The second kappa shape index (κ2) is 5.92. The lowest BCUT2D eigenvalue weighted by molar-refractivity contribution is -0.151. The van der Waals surface area contributed by atoms with E-state index in [9.17, 15) is 4.79 Å². The van der Waals surface area contributed by atoms with Gasteiger partial charge in [0.15, 0.2) is 5.54 Å². The highest BCUT2D eigenvalue weighted by Crippen LogP contribution is 2.35. The summed E-state index contributed by atoms with van der Waals surface area (Å²) < 4.78 is 5.52. The molecule has 1 aliphatic heterocycles. The van der Waals surface area contributed by atoms with Gasteiger partial charge in [-0.3, -0.25) is 4.99 Å². The molecule has 0 fully saturated rings. The molecule has 0 amide bonds. The summed E-state index contributed by atoms with van der Waals surface area (Å²) in [7, 11) is 0. The average molecular weight is 279 g/mol. The van der Waals surface area contributed by atoms with Crippen LogP contribution in [0, 0.1) is 0 Å². The van der Waals surface area contributed by atoms with Crippen molar-refractivity contribution in [2.75, 3.05) is 0 Å². The Labute approximate surface area is 124 Å². The number of ether oxygens (including phenoxy) is 1. The summed E-state index contributed by atoms with van der Waals surface area (Å²) in [6, 6.07) is 19.4. The first-order valence-corrected chi connectivity index (χ1v) is 7.12. The van der Waals surface area contributed by atoms with Gasteiger partial charge in [0.2, 0.25) is 0 Å². The molecule has 0 saturated carbocycles. The zero-order chi connectivity index (χ0) is 14.5. The number of hydrogen-bond acceptors (Lipinski definition) is 3. The molecule has 3 nitrogen and oxygen atoms in total. The third-order valence-electron chi connectivity index (χ3n) is 3.75. The van der Waals surface area contributed by atoms with Crippen LogP contribution in [0.25, 0.3) is 0 Å². The summed E-state index contributed by atoms with van der Waals surface area (Å²) >= 11 is 0. The molecular formula is C18H17NO2. The molecule has 0 bridgehead atoms. The van der Waals surface area contributed by atoms with E-state index in [0.29, 0.717) is 6.42 Å². The molecular weight excluding hydrogens is 262 g/mol. The van der Waals surface area contributed by atoms with Gasteiger partial charge in [-0.25, -0.2) is 4.79 Å². The SMILES string of the molecule is O=C(OCc1ccccc1)C1(c2ccccc2)CCC=N1. The summed E-state index contributed by atoms with van der Waals surface area (Å²) in [6.07, 6.45) is 3.29. The molecule has 0 N–H and O–H groups in total. The van der Waals surface area contributed by atoms with Crippen molar-refractivity contribution in [1.82, 2.24) is 0 Å². The Bertz CT molecular complexity index is 637. The van der Waals surface area contributed by atoms with Gasteiger partial charge in [-0.1, -0.05) is 60.7 Å². The zero-order valence-electron chi connectivity index (χ0n) is 11.7. The fraction of sp³-hybridized carbons (Fsp3) is 0.222. The standard InChI is InChI=1S/C18H17NO2/c20-17(21-14-15-8-3-1-4-9-15)18(12-7-13-19-18)16-10-5-2-6-11-16/h1-6,8-11,13H,7,12,14H2. The molecule has 2 aromatic carbocycles. The predicted octanol–water partition coefficient (Wildman–Crippen LogP) is 3.49. The van der Waals surface area contributed by atoms with Crippen LogP contribution >= 0.6 is 0 Å². The van der Waals surface area contributed by atoms with E-state index in [1.807, 2.05) is 66.9 Å². The van der Waals surface area contributed by atoms with Crippen molar-refractivity contribution in [3.8, 4) is 0 Å². The number of rotatable bonds is 4. The first-order valence-electron chi connectivity index (χ1n) is 7.12. The van der Waals surface area contributed by atoms with Gasteiger partial charge in [0.25, 0.3) is 0 Å². The molecule has 3 rings (SSSR count). The number of carbonyl (C=O) groups excluding carboxylic acids is 1. The van der Waals surface area contributed by atoms with Crippen LogP contribution in [0.15, 0.2) is 65.7 Å². The first kappa shape index (κ1) is 13.6. The minimum atomic E-state index is -0.865. The van der Waals surface area contributed by atoms with Crippen LogP contribution in [-0.2, 0) is 21.7 Å². The highest BCUT2D eigenvalue weighted by Gasteiger charge is 2.42. The van der Waals surface area contributed by atoms with Gasteiger partial charge >= 0.3 is 5.97 Å². The summed E-state index contributed by atoms with van der Waals surface area (Å²) in [6.45, 7) is 0.282. The van der Waals surface area contributed by atoms with Crippen LogP contribution in [0.1, 0.15) is 24.0 Å². The number of nitrogens with zero attached hydrogens (tertiary/aromatic N) is 1. The summed E-state index contributed by atoms with van der Waals surface area (Å²) in [5.74, 6) is -0.272. The molecule has 0 aromatic heterocycles. The van der Waals surface area contributed by atoms with Gasteiger partial charge in [0, 0.05) is 6.21 Å². The topological polar surface area (TPSA) is 38.7 Å². The fourth-order valence-electron chi connectivity index (χ4n) is 2.61. The Kier molecular flexibility index (Phi) is 3.82. The van der Waals surface area contributed by atoms with E-state index in [4.69, 9.17) is 4.74 Å². The Hall–Kier alpha value is -2.42. The Morgan fingerprint density at radius 2 is 1.71 bits per heavy atom. The van der Waals surface area contributed by atoms with Crippen LogP contribution in [0.3, 0.4) is 0 Å². The van der Waals surface area contributed by atoms with E-state index in [1.165, 1.54) is 0 Å². The number of benzene rings is 2. The molecule has 21 heavy (non-hydrogen) atoms. The van der Waals surface area contributed by atoms with Crippen molar-refractivity contribution in [1.29, 1.82) is 0 Å². The number of carbonyl (C=O) groups is 1. The molecule has 0 aliphatic carbocycles. The molecule has 0 saturated heterocycles. The van der Waals surface area contributed by atoms with Crippen molar-refractivity contribution >= 4 is 12.2 Å². The highest BCUT2D eigenvalue weighted by atomic mass is 16.5. The van der Waals surface area contributed by atoms with Gasteiger partial charge in [0.1, 0.15) is 6.61 Å². The van der Waals surface area contributed by atoms with Crippen molar-refractivity contribution in [3.05, 3.63) is 71.8 Å². The van der Waals surface area contributed by atoms with E-state index in [-0.39, 0.29) is 12.6 Å². The van der Waals surface area contributed by atoms with Gasteiger partial charge < -0.3 is 4.74 Å². The lowest BCUT2D eigenvalue weighted by Gasteiger charge is -2.24. The van der Waals surface area contributed by atoms with Crippen LogP contribution in [0.5, 0.6) is 0 Å². The van der Waals surface area contributed by atoms with Crippen LogP contribution in [0.2, 0.25) is 0 Å². The molecule has 1 aliphatic rings. The predicted molar refractivity (Wildman–Crippen MR) is 82.1 cm³/mol. The van der Waals surface area contributed by atoms with E-state index in [0.717, 1.165) is 17.5 Å². The van der Waals surface area contributed by atoms with E-state index >= 15 is 0 Å². The van der Waals surface area contributed by atoms with Gasteiger partial charge in [-0.15, -0.1) is 0 Å². The number of hydrogen-bond donors (Lipinski definition) is 0. The van der Waals surface area contributed by atoms with Crippen molar-refractivity contribution in [2.45, 2.75) is 25.0 Å². The second-order valence-electron chi connectivity index (χ2n) is 5.14. The third-order valence-corrected chi connectivity index (χ3v) is 3.75. The van der Waals surface area contributed by atoms with Crippen molar-refractivity contribution in [3.63, 3.8) is 0 Å². The lowest BCUT2D eigenvalue weighted by atomic mass is 9.88. The molecule has 2 aromatic rings. The number of aliphatic imine (C=N–C) groups is 1. The van der Waals surface area contributed by atoms with Crippen molar-refractivity contribution < 1.29 is 9.53 Å². The molecule has 1 atom stereocenters. The maximum atomic E-state index is 12.6. The van der Waals surface area contributed by atoms with Crippen molar-refractivity contribution in [2.24, 2.45) is 4.99 Å². The monoisotopic (exact) mass is 279 g/mol. The minimum absolute atomic E-state index is 0.272. The van der Waals surface area contributed by atoms with E-state index < -0.39 is 5.54 Å². The smallest absolute Gasteiger partial charge is 0.339 e. The molecule has 0 radical (unpaired) electrons. The Balaban J connectivity index is 1.79. The van der Waals surface area contributed by atoms with E-state index in [1.54, 1.807) is 0 Å². The van der Waals surface area contributed by atoms with Gasteiger partial charge in [0.05, 0.1) is 0 Å². The quantitative estimate of drug-likeness (QED) is 0.804. The molecule has 106 valence electrons. The maximum Gasteiger partial charge on any atom is 0.339 e. The number of esters is 1. The van der Waals surface area contributed by atoms with Gasteiger partial charge in [-0.05, 0) is 24.0 Å². The third kappa shape index (κ3) is 2.72. The van der Waals surface area contributed by atoms with Crippen LogP contribution in [0.4, 0.5) is 0 Å². The van der Waals surface area contributed by atoms with Crippen LogP contribution < -0.4 is 0 Å². The summed E-state index contributed by atoms with van der Waals surface area (Å²) in [4.78, 5) is 17.1. The van der Waals surface area contributed by atoms with Crippen LogP contribution in [-0.4, -0.2) is 12.2 Å². The minimum Gasteiger partial charge on any atom is -0.459 e. The zero-order valence-corrected chi connectivity index (χ0v) is 11.7. The average Bonchev–Trinajstić information content (AvgIpc) is 3.05. The molecule has 1 heterocycles. The molecule has 3 heteroatoms. The summed E-state index contributed by atoms with van der Waals surface area (Å²) in [5, 5.41) is 0. The highest BCUT2D eigenvalue weighted by molar-refractivity contribution is 5.87. The first-order chi connectivity index (χ1) is 10.3. The lowest BCUT2D eigenvalue weighted by Crippen LogP contribution is -2.33. The normalized spacial score (nSPS) is 20.4. The molecule has 0 spiro atoms. The van der Waals surface area contributed by atoms with Gasteiger partial charge in [-0.2, -0.15) is 0 Å². The fourth-order valence-corrected chi connectivity index (χ4v) is 2.61.